The molecule has 0 aliphatic carbocycles. The number of alkyl halides is 1. The largest absolute Gasteiger partial charge is 0.327 e. The van der Waals surface area contributed by atoms with E-state index in [-0.39, 0.29) is 0 Å². The molecular weight excluding hydrogens is 344 g/mol. The lowest BCUT2D eigenvalue weighted by Gasteiger charge is -2.13. The summed E-state index contributed by atoms with van der Waals surface area (Å²) in [6, 6.07) is 6.34. The van der Waals surface area contributed by atoms with E-state index in [4.69, 9.17) is 16.6 Å². The number of aryl methyl sites for hydroxylation is 1. The van der Waals surface area contributed by atoms with E-state index >= 15 is 0 Å². The summed E-state index contributed by atoms with van der Waals surface area (Å²) in [5.74, 6) is 3.05. The molecule has 1 aromatic carbocycles. The summed E-state index contributed by atoms with van der Waals surface area (Å²) in [5.41, 5.74) is 2.30. The van der Waals surface area contributed by atoms with Gasteiger partial charge < -0.3 is 4.57 Å². The average molecular weight is 360 g/mol. The van der Waals surface area contributed by atoms with Crippen LogP contribution in [0.3, 0.4) is 0 Å². The number of benzene rings is 1. The van der Waals surface area contributed by atoms with Crippen LogP contribution in [0.15, 0.2) is 22.7 Å². The molecule has 2 nitrogen and oxygen atoms in total. The topological polar surface area (TPSA) is 17.8 Å². The molecule has 1 aliphatic rings. The maximum Gasteiger partial charge on any atom is 0.111 e. The molecule has 1 saturated heterocycles. The van der Waals surface area contributed by atoms with Crippen LogP contribution in [0.4, 0.5) is 0 Å². The highest BCUT2D eigenvalue weighted by Gasteiger charge is 2.19. The van der Waals surface area contributed by atoms with Crippen molar-refractivity contribution in [2.75, 3.05) is 11.6 Å². The molecule has 2 heterocycles. The van der Waals surface area contributed by atoms with Gasteiger partial charge in [0.25, 0.3) is 0 Å². The lowest BCUT2D eigenvalue weighted by Crippen LogP contribution is -2.13. The smallest absolute Gasteiger partial charge is 0.111 e. The second-order valence-electron chi connectivity index (χ2n) is 4.85. The molecule has 1 aromatic heterocycles. The maximum absolute atomic E-state index is 5.92. The van der Waals surface area contributed by atoms with Gasteiger partial charge in [0.15, 0.2) is 0 Å². The fraction of sp³-hybridized carbons (Fsp3) is 0.500. The molecule has 1 fully saturated rings. The lowest BCUT2D eigenvalue weighted by atomic mass is 10.2. The van der Waals surface area contributed by atoms with Gasteiger partial charge in [-0.2, -0.15) is 11.8 Å². The minimum absolute atomic E-state index is 0.627. The molecule has 102 valence electrons. The number of nitrogens with zero attached hydrogens (tertiary/aromatic N) is 2. The van der Waals surface area contributed by atoms with Gasteiger partial charge in [-0.1, -0.05) is 15.9 Å². The van der Waals surface area contributed by atoms with Gasteiger partial charge in [0, 0.05) is 28.6 Å². The van der Waals surface area contributed by atoms with E-state index in [0.29, 0.717) is 5.88 Å². The molecule has 0 spiro atoms. The maximum atomic E-state index is 5.92. The van der Waals surface area contributed by atoms with E-state index in [1.54, 1.807) is 0 Å². The number of aromatic nitrogens is 2. The molecule has 0 saturated carbocycles. The second-order valence-corrected chi connectivity index (χ2v) is 7.55. The normalized spacial score (nSPS) is 19.4. The number of hydrogen-bond acceptors (Lipinski definition) is 2. The molecular formula is C14H16BrClN2S. The first-order valence-corrected chi connectivity index (χ1v) is 8.98. The van der Waals surface area contributed by atoms with Gasteiger partial charge >= 0.3 is 0 Å². The number of rotatable bonds is 4. The predicted molar refractivity (Wildman–Crippen MR) is 87.3 cm³/mol. The Balaban J connectivity index is 2.00. The Hall–Kier alpha value is -0.190. The van der Waals surface area contributed by atoms with Crippen LogP contribution >= 0.6 is 39.3 Å². The summed E-state index contributed by atoms with van der Waals surface area (Å²) >= 11 is 11.5. The monoisotopic (exact) mass is 358 g/mol. The first-order valence-electron chi connectivity index (χ1n) is 6.60. The Labute approximate surface area is 131 Å². The highest BCUT2D eigenvalue weighted by molar-refractivity contribution is 9.10. The zero-order valence-corrected chi connectivity index (χ0v) is 13.8. The quantitative estimate of drug-likeness (QED) is 0.749. The highest BCUT2D eigenvalue weighted by atomic mass is 79.9. The Morgan fingerprint density at radius 3 is 3.11 bits per heavy atom. The highest BCUT2D eigenvalue weighted by Crippen LogP contribution is 2.30. The van der Waals surface area contributed by atoms with Crippen molar-refractivity contribution in [3.8, 4) is 0 Å². The van der Waals surface area contributed by atoms with Gasteiger partial charge in [-0.05, 0) is 36.8 Å². The van der Waals surface area contributed by atoms with Crippen molar-refractivity contribution in [1.82, 2.24) is 9.55 Å². The number of fused-ring (bicyclic) bond motifs is 1. The van der Waals surface area contributed by atoms with Gasteiger partial charge in [-0.3, -0.25) is 0 Å². The first kappa shape index (κ1) is 13.8. The molecule has 0 N–H and O–H groups in total. The third kappa shape index (κ3) is 2.96. The van der Waals surface area contributed by atoms with Gasteiger partial charge in [-0.25, -0.2) is 4.98 Å². The Morgan fingerprint density at radius 1 is 1.47 bits per heavy atom. The summed E-state index contributed by atoms with van der Waals surface area (Å²) in [5, 5.41) is 0.732. The molecule has 3 rings (SSSR count). The van der Waals surface area contributed by atoms with Crippen LogP contribution in [-0.2, 0) is 13.0 Å². The third-order valence-electron chi connectivity index (χ3n) is 3.52. The summed E-state index contributed by atoms with van der Waals surface area (Å²) in [4.78, 5) is 4.74. The predicted octanol–water partition coefficient (Wildman–Crippen LogP) is 4.48. The average Bonchev–Trinajstić information content (AvgIpc) is 2.99. The number of imidazole rings is 1. The minimum Gasteiger partial charge on any atom is -0.327 e. The molecule has 0 radical (unpaired) electrons. The van der Waals surface area contributed by atoms with E-state index in [9.17, 15) is 0 Å². The first-order chi connectivity index (χ1) is 9.28. The summed E-state index contributed by atoms with van der Waals surface area (Å²) < 4.78 is 3.45. The van der Waals surface area contributed by atoms with E-state index in [1.165, 1.54) is 24.1 Å². The summed E-state index contributed by atoms with van der Waals surface area (Å²) in [7, 11) is 0. The van der Waals surface area contributed by atoms with Crippen molar-refractivity contribution >= 4 is 50.3 Å². The molecule has 2 aromatic rings. The van der Waals surface area contributed by atoms with Crippen LogP contribution in [0.25, 0.3) is 11.0 Å². The Kier molecular flexibility index (Phi) is 4.40. The molecule has 19 heavy (non-hydrogen) atoms. The Bertz CT molecular complexity index is 578. The lowest BCUT2D eigenvalue weighted by molar-refractivity contribution is 0.627. The van der Waals surface area contributed by atoms with Crippen LogP contribution in [0.5, 0.6) is 0 Å². The van der Waals surface area contributed by atoms with E-state index in [2.05, 4.69) is 50.5 Å². The number of halogens is 2. The summed E-state index contributed by atoms with van der Waals surface area (Å²) in [6.45, 7) is 1.06. The van der Waals surface area contributed by atoms with Crippen LogP contribution in [0, 0.1) is 0 Å². The molecule has 5 heteroatoms. The van der Waals surface area contributed by atoms with Gasteiger partial charge in [0.05, 0.1) is 11.0 Å². The van der Waals surface area contributed by atoms with E-state index in [1.807, 2.05) is 0 Å². The van der Waals surface area contributed by atoms with Crippen molar-refractivity contribution in [2.24, 2.45) is 0 Å². The third-order valence-corrected chi connectivity index (χ3v) is 5.58. The molecule has 1 unspecified atom stereocenters. The van der Waals surface area contributed by atoms with Crippen LogP contribution < -0.4 is 0 Å². The zero-order valence-electron chi connectivity index (χ0n) is 10.6. The van der Waals surface area contributed by atoms with E-state index in [0.717, 1.165) is 34.0 Å². The zero-order chi connectivity index (χ0) is 13.2. The molecule has 1 aliphatic heterocycles. The van der Waals surface area contributed by atoms with E-state index < -0.39 is 0 Å². The number of thioether (sulfide) groups is 1. The second kappa shape index (κ2) is 6.06. The molecule has 0 bridgehead atoms. The van der Waals surface area contributed by atoms with Gasteiger partial charge in [0.2, 0.25) is 0 Å². The van der Waals surface area contributed by atoms with Crippen LogP contribution in [0.1, 0.15) is 18.7 Å². The standard InChI is InChI=1S/C14H16BrClN2S/c15-10-3-4-13-12(8-10)17-14(5-6-16)18(13)9-11-2-1-7-19-11/h3-4,8,11H,1-2,5-7,9H2. The fourth-order valence-electron chi connectivity index (χ4n) is 2.62. The van der Waals surface area contributed by atoms with Crippen molar-refractivity contribution in [3.05, 3.63) is 28.5 Å². The minimum atomic E-state index is 0.627. The summed E-state index contributed by atoms with van der Waals surface area (Å²) in [6.07, 6.45) is 3.50. The fourth-order valence-corrected chi connectivity index (χ4v) is 4.40. The van der Waals surface area contributed by atoms with Crippen LogP contribution in [-0.4, -0.2) is 26.4 Å². The Morgan fingerprint density at radius 2 is 2.37 bits per heavy atom. The van der Waals surface area contributed by atoms with Crippen molar-refractivity contribution in [1.29, 1.82) is 0 Å². The number of hydrogen-bond donors (Lipinski definition) is 0. The van der Waals surface area contributed by atoms with Gasteiger partial charge in [-0.15, -0.1) is 11.6 Å². The van der Waals surface area contributed by atoms with Crippen molar-refractivity contribution in [3.63, 3.8) is 0 Å². The molecule has 0 amide bonds. The van der Waals surface area contributed by atoms with Crippen LogP contribution in [0.2, 0.25) is 0 Å². The molecule has 1 atom stereocenters. The van der Waals surface area contributed by atoms with Crippen molar-refractivity contribution in [2.45, 2.75) is 31.1 Å². The van der Waals surface area contributed by atoms with Gasteiger partial charge in [0.1, 0.15) is 5.82 Å². The SMILES string of the molecule is ClCCc1nc2cc(Br)ccc2n1CC1CCCS1. The van der Waals surface area contributed by atoms with Crippen molar-refractivity contribution < 1.29 is 0 Å².